The second-order valence-corrected chi connectivity index (χ2v) is 8.11. The Labute approximate surface area is 183 Å². The van der Waals surface area contributed by atoms with Gasteiger partial charge in [0.05, 0.1) is 46.5 Å². The number of aryl methyl sites for hydroxylation is 2. The molecular formula is C20H24BrFN6S. The Kier molecular flexibility index (Phi) is 6.69. The first kappa shape index (κ1) is 21.4. The van der Waals surface area contributed by atoms with Crippen molar-refractivity contribution in [2.24, 2.45) is 0 Å². The molecule has 0 aliphatic carbocycles. The first-order chi connectivity index (χ1) is 13.8. The average Bonchev–Trinajstić information content (AvgIpc) is 3.17. The Hall–Kier alpha value is -2.26. The summed E-state index contributed by atoms with van der Waals surface area (Å²) in [6, 6.07) is 6.46. The van der Waals surface area contributed by atoms with Gasteiger partial charge in [-0.15, -0.1) is 0 Å². The number of benzene rings is 1. The van der Waals surface area contributed by atoms with Gasteiger partial charge in [-0.1, -0.05) is 12.1 Å². The van der Waals surface area contributed by atoms with Gasteiger partial charge in [-0.3, -0.25) is 9.36 Å². The Bertz CT molecular complexity index is 1010. The molecule has 0 fully saturated rings. The van der Waals surface area contributed by atoms with Gasteiger partial charge in [0.1, 0.15) is 5.82 Å². The van der Waals surface area contributed by atoms with Crippen molar-refractivity contribution in [2.45, 2.75) is 40.4 Å². The van der Waals surface area contributed by atoms with Crippen molar-refractivity contribution in [3.8, 4) is 0 Å². The van der Waals surface area contributed by atoms with Gasteiger partial charge in [0, 0.05) is 13.6 Å². The molecule has 0 unspecified atom stereocenters. The number of halogens is 2. The van der Waals surface area contributed by atoms with Crippen LogP contribution in [0.5, 0.6) is 0 Å². The summed E-state index contributed by atoms with van der Waals surface area (Å²) in [5, 5.41) is 12.9. The number of hydrogen-bond donors (Lipinski definition) is 1. The van der Waals surface area contributed by atoms with E-state index in [1.807, 2.05) is 35.2 Å². The fraction of sp³-hybridized carbons (Fsp3) is 0.350. The molecule has 0 aliphatic heterocycles. The second kappa shape index (κ2) is 9.04. The largest absolute Gasteiger partial charge is 0.346 e. The SMILES string of the molecule is CCn1ncc(Br)c1CN(C)C(=S)Nc1c(C)nn(Cc2ccc(F)cc2)c1C. The Balaban J connectivity index is 1.72. The predicted molar refractivity (Wildman–Crippen MR) is 120 cm³/mol. The van der Waals surface area contributed by atoms with Crippen LogP contribution in [-0.4, -0.2) is 36.6 Å². The van der Waals surface area contributed by atoms with Crippen molar-refractivity contribution in [3.63, 3.8) is 0 Å². The molecule has 0 aliphatic rings. The van der Waals surface area contributed by atoms with Gasteiger partial charge in [-0.25, -0.2) is 4.39 Å². The van der Waals surface area contributed by atoms with Crippen molar-refractivity contribution in [2.75, 3.05) is 12.4 Å². The van der Waals surface area contributed by atoms with Crippen molar-refractivity contribution in [3.05, 3.63) is 63.4 Å². The van der Waals surface area contributed by atoms with E-state index >= 15 is 0 Å². The standard InChI is InChI=1S/C20H24BrFN6S/c1-5-27-18(17(21)10-23-27)12-26(4)20(29)24-19-13(2)25-28(14(19)3)11-15-6-8-16(22)9-7-15/h6-10H,5,11-12H2,1-4H3,(H,24,29). The molecule has 0 radical (unpaired) electrons. The number of anilines is 1. The van der Waals surface area contributed by atoms with E-state index in [1.54, 1.807) is 18.3 Å². The zero-order valence-corrected chi connectivity index (χ0v) is 19.3. The maximum Gasteiger partial charge on any atom is 0.173 e. The number of hydrogen-bond acceptors (Lipinski definition) is 3. The van der Waals surface area contributed by atoms with Gasteiger partial charge < -0.3 is 10.2 Å². The van der Waals surface area contributed by atoms with Gasteiger partial charge in [0.15, 0.2) is 5.11 Å². The van der Waals surface area contributed by atoms with Crippen molar-refractivity contribution < 1.29 is 4.39 Å². The molecule has 9 heteroatoms. The molecule has 1 N–H and O–H groups in total. The van der Waals surface area contributed by atoms with Crippen LogP contribution in [0.4, 0.5) is 10.1 Å². The topological polar surface area (TPSA) is 50.9 Å². The lowest BCUT2D eigenvalue weighted by Gasteiger charge is -2.22. The van der Waals surface area contributed by atoms with Gasteiger partial charge in [-0.2, -0.15) is 10.2 Å². The molecule has 1 aromatic carbocycles. The molecule has 154 valence electrons. The summed E-state index contributed by atoms with van der Waals surface area (Å²) in [4.78, 5) is 1.97. The van der Waals surface area contributed by atoms with E-state index in [9.17, 15) is 4.39 Å². The van der Waals surface area contributed by atoms with Crippen LogP contribution in [0.15, 0.2) is 34.9 Å². The molecule has 2 heterocycles. The minimum atomic E-state index is -0.242. The highest BCUT2D eigenvalue weighted by molar-refractivity contribution is 9.10. The number of thiocarbonyl (C=S) groups is 1. The van der Waals surface area contributed by atoms with E-state index < -0.39 is 0 Å². The van der Waals surface area contributed by atoms with E-state index in [0.29, 0.717) is 18.2 Å². The fourth-order valence-corrected chi connectivity index (χ4v) is 3.70. The van der Waals surface area contributed by atoms with Crippen LogP contribution in [0.2, 0.25) is 0 Å². The summed E-state index contributed by atoms with van der Waals surface area (Å²) in [6.07, 6.45) is 1.80. The van der Waals surface area contributed by atoms with Crippen LogP contribution in [-0.2, 0) is 19.6 Å². The first-order valence-electron chi connectivity index (χ1n) is 9.30. The number of nitrogens with zero attached hydrogens (tertiary/aromatic N) is 5. The molecular weight excluding hydrogens is 455 g/mol. The number of nitrogens with one attached hydrogen (secondary N) is 1. The molecule has 3 aromatic rings. The average molecular weight is 479 g/mol. The maximum absolute atomic E-state index is 13.1. The lowest BCUT2D eigenvalue weighted by molar-refractivity contribution is 0.470. The van der Waals surface area contributed by atoms with Gasteiger partial charge >= 0.3 is 0 Å². The van der Waals surface area contributed by atoms with E-state index in [0.717, 1.165) is 39.4 Å². The Morgan fingerprint density at radius 1 is 1.24 bits per heavy atom. The Morgan fingerprint density at radius 3 is 2.59 bits per heavy atom. The normalized spacial score (nSPS) is 11.0. The van der Waals surface area contributed by atoms with Crippen LogP contribution in [0.1, 0.15) is 29.6 Å². The highest BCUT2D eigenvalue weighted by atomic mass is 79.9. The van der Waals surface area contributed by atoms with Crippen molar-refractivity contribution in [1.29, 1.82) is 0 Å². The fourth-order valence-electron chi connectivity index (χ4n) is 3.11. The smallest absolute Gasteiger partial charge is 0.173 e. The molecule has 0 saturated heterocycles. The van der Waals surface area contributed by atoms with Crippen LogP contribution in [0, 0.1) is 19.7 Å². The molecule has 0 spiro atoms. The predicted octanol–water partition coefficient (Wildman–Crippen LogP) is 4.50. The first-order valence-corrected chi connectivity index (χ1v) is 10.5. The summed E-state index contributed by atoms with van der Waals surface area (Å²) < 4.78 is 18.0. The molecule has 0 saturated carbocycles. The molecule has 0 amide bonds. The number of rotatable bonds is 6. The van der Waals surface area contributed by atoms with Gasteiger partial charge in [0.25, 0.3) is 0 Å². The lowest BCUT2D eigenvalue weighted by atomic mass is 10.2. The summed E-state index contributed by atoms with van der Waals surface area (Å²) in [7, 11) is 1.95. The third kappa shape index (κ3) is 4.84. The van der Waals surface area contributed by atoms with Gasteiger partial charge in [-0.05, 0) is 66.6 Å². The number of aromatic nitrogens is 4. The lowest BCUT2D eigenvalue weighted by Crippen LogP contribution is -2.32. The minimum Gasteiger partial charge on any atom is -0.346 e. The minimum absolute atomic E-state index is 0.242. The van der Waals surface area contributed by atoms with Crippen LogP contribution in [0.3, 0.4) is 0 Å². The van der Waals surface area contributed by atoms with Crippen molar-refractivity contribution >= 4 is 38.9 Å². The monoisotopic (exact) mass is 478 g/mol. The third-order valence-corrected chi connectivity index (χ3v) is 5.87. The molecule has 2 aromatic heterocycles. The van der Waals surface area contributed by atoms with Crippen LogP contribution >= 0.6 is 28.1 Å². The summed E-state index contributed by atoms with van der Waals surface area (Å²) in [5.41, 5.74) is 4.79. The zero-order valence-electron chi connectivity index (χ0n) is 16.9. The second-order valence-electron chi connectivity index (χ2n) is 6.87. The van der Waals surface area contributed by atoms with E-state index in [4.69, 9.17) is 12.2 Å². The third-order valence-electron chi connectivity index (χ3n) is 4.79. The molecule has 0 bridgehead atoms. The van der Waals surface area contributed by atoms with E-state index in [1.165, 1.54) is 12.1 Å². The quantitative estimate of drug-likeness (QED) is 0.528. The van der Waals surface area contributed by atoms with E-state index in [2.05, 4.69) is 38.4 Å². The van der Waals surface area contributed by atoms with Gasteiger partial charge in [0.2, 0.25) is 0 Å². The summed E-state index contributed by atoms with van der Waals surface area (Å²) >= 11 is 9.17. The summed E-state index contributed by atoms with van der Waals surface area (Å²) in [5.74, 6) is -0.242. The Morgan fingerprint density at radius 2 is 1.93 bits per heavy atom. The molecule has 0 atom stereocenters. The molecule has 29 heavy (non-hydrogen) atoms. The van der Waals surface area contributed by atoms with Crippen LogP contribution in [0.25, 0.3) is 0 Å². The zero-order chi connectivity index (χ0) is 21.1. The summed E-state index contributed by atoms with van der Waals surface area (Å²) in [6.45, 7) is 7.99. The highest BCUT2D eigenvalue weighted by Gasteiger charge is 2.17. The molecule has 3 rings (SSSR count). The van der Waals surface area contributed by atoms with E-state index in [-0.39, 0.29) is 5.82 Å². The van der Waals surface area contributed by atoms with Crippen LogP contribution < -0.4 is 5.32 Å². The molecule has 6 nitrogen and oxygen atoms in total. The highest BCUT2D eigenvalue weighted by Crippen LogP contribution is 2.22. The van der Waals surface area contributed by atoms with Crippen molar-refractivity contribution in [1.82, 2.24) is 24.5 Å². The maximum atomic E-state index is 13.1.